The predicted molar refractivity (Wildman–Crippen MR) is 67.5 cm³/mol. The first-order valence-electron chi connectivity index (χ1n) is 5.60. The van der Waals surface area contributed by atoms with E-state index in [0.717, 1.165) is 11.1 Å². The summed E-state index contributed by atoms with van der Waals surface area (Å²) in [5.74, 6) is 0.163. The van der Waals surface area contributed by atoms with Gasteiger partial charge >= 0.3 is 0 Å². The number of phenolic OH excluding ortho intramolecular Hbond substituents is 1. The zero-order chi connectivity index (χ0) is 12.8. The Balaban J connectivity index is 2.05. The molecular weight excluding hydrogens is 226 g/mol. The first-order valence-corrected chi connectivity index (χ1v) is 5.60. The molecule has 90 valence electrons. The number of aromatic hydroxyl groups is 1. The van der Waals surface area contributed by atoms with E-state index in [0.29, 0.717) is 6.54 Å². The molecule has 1 aromatic heterocycles. The fourth-order valence-corrected chi connectivity index (χ4v) is 1.66. The Hall–Kier alpha value is -2.38. The standard InChI is InChI=1S/C14H13N3O/c15-8-14(12-4-1-5-13(18)7-12)17-10-11-3-2-6-16-9-11/h1-7,9,14,17-18H,10H2. The Morgan fingerprint density at radius 1 is 1.33 bits per heavy atom. The third-order valence-corrected chi connectivity index (χ3v) is 2.57. The average Bonchev–Trinajstić information content (AvgIpc) is 2.41. The molecule has 0 radical (unpaired) electrons. The lowest BCUT2D eigenvalue weighted by Crippen LogP contribution is -2.19. The maximum absolute atomic E-state index is 9.40. The maximum atomic E-state index is 9.40. The van der Waals surface area contributed by atoms with Gasteiger partial charge in [-0.1, -0.05) is 18.2 Å². The van der Waals surface area contributed by atoms with Crippen LogP contribution in [0.25, 0.3) is 0 Å². The van der Waals surface area contributed by atoms with Crippen molar-refractivity contribution < 1.29 is 5.11 Å². The number of aromatic nitrogens is 1. The summed E-state index contributed by atoms with van der Waals surface area (Å²) in [4.78, 5) is 4.01. The van der Waals surface area contributed by atoms with Crippen molar-refractivity contribution in [2.45, 2.75) is 12.6 Å². The molecule has 2 aromatic rings. The van der Waals surface area contributed by atoms with E-state index in [1.54, 1.807) is 30.6 Å². The van der Waals surface area contributed by atoms with Gasteiger partial charge in [-0.15, -0.1) is 0 Å². The minimum atomic E-state index is -0.447. The maximum Gasteiger partial charge on any atom is 0.121 e. The molecule has 0 saturated carbocycles. The molecule has 2 rings (SSSR count). The van der Waals surface area contributed by atoms with Crippen LogP contribution in [0.4, 0.5) is 0 Å². The quantitative estimate of drug-likeness (QED) is 0.857. The van der Waals surface area contributed by atoms with Gasteiger partial charge in [-0.2, -0.15) is 5.26 Å². The second-order valence-corrected chi connectivity index (χ2v) is 3.90. The van der Waals surface area contributed by atoms with Crippen molar-refractivity contribution in [3.05, 3.63) is 59.9 Å². The van der Waals surface area contributed by atoms with Crippen LogP contribution < -0.4 is 5.32 Å². The molecule has 4 heteroatoms. The van der Waals surface area contributed by atoms with Crippen LogP contribution in [0.15, 0.2) is 48.8 Å². The van der Waals surface area contributed by atoms with Crippen LogP contribution in [-0.4, -0.2) is 10.1 Å². The zero-order valence-electron chi connectivity index (χ0n) is 9.74. The summed E-state index contributed by atoms with van der Waals surface area (Å²) < 4.78 is 0. The van der Waals surface area contributed by atoms with E-state index < -0.39 is 6.04 Å². The van der Waals surface area contributed by atoms with Gasteiger partial charge in [0.05, 0.1) is 6.07 Å². The van der Waals surface area contributed by atoms with Crippen LogP contribution in [0.2, 0.25) is 0 Å². The smallest absolute Gasteiger partial charge is 0.121 e. The molecule has 0 bridgehead atoms. The molecule has 0 fully saturated rings. The molecule has 0 aliphatic heterocycles. The molecule has 0 saturated heterocycles. The summed E-state index contributed by atoms with van der Waals surface area (Å²) in [6.45, 7) is 0.557. The van der Waals surface area contributed by atoms with E-state index in [1.807, 2.05) is 18.2 Å². The monoisotopic (exact) mass is 239 g/mol. The van der Waals surface area contributed by atoms with Gasteiger partial charge in [0.2, 0.25) is 0 Å². The third kappa shape index (κ3) is 3.06. The SMILES string of the molecule is N#CC(NCc1cccnc1)c1cccc(O)c1. The van der Waals surface area contributed by atoms with Crippen LogP contribution in [0.1, 0.15) is 17.2 Å². The first-order chi connectivity index (χ1) is 8.79. The number of hydrogen-bond acceptors (Lipinski definition) is 4. The van der Waals surface area contributed by atoms with Crippen molar-refractivity contribution in [1.82, 2.24) is 10.3 Å². The van der Waals surface area contributed by atoms with E-state index in [2.05, 4.69) is 16.4 Å². The first kappa shape index (κ1) is 12.1. The largest absolute Gasteiger partial charge is 0.508 e. The molecule has 0 aliphatic rings. The Morgan fingerprint density at radius 3 is 2.89 bits per heavy atom. The zero-order valence-corrected chi connectivity index (χ0v) is 9.74. The number of phenols is 1. The highest BCUT2D eigenvalue weighted by Crippen LogP contribution is 2.18. The molecule has 1 heterocycles. The molecule has 4 nitrogen and oxygen atoms in total. The Kier molecular flexibility index (Phi) is 3.90. The molecule has 1 unspecified atom stereocenters. The van der Waals surface area contributed by atoms with Gasteiger partial charge in [-0.25, -0.2) is 0 Å². The minimum Gasteiger partial charge on any atom is -0.508 e. The van der Waals surface area contributed by atoms with Crippen molar-refractivity contribution in [2.75, 3.05) is 0 Å². The average molecular weight is 239 g/mol. The Labute approximate surface area is 106 Å². The number of nitrogens with zero attached hydrogens (tertiary/aromatic N) is 2. The lowest BCUT2D eigenvalue weighted by molar-refractivity contribution is 0.473. The fraction of sp³-hybridized carbons (Fsp3) is 0.143. The number of hydrogen-bond donors (Lipinski definition) is 2. The van der Waals surface area contributed by atoms with Gasteiger partial charge in [-0.05, 0) is 29.3 Å². The number of benzene rings is 1. The molecule has 2 N–H and O–H groups in total. The van der Waals surface area contributed by atoms with Gasteiger partial charge in [0, 0.05) is 18.9 Å². The molecular formula is C14H13N3O. The van der Waals surface area contributed by atoms with Crippen LogP contribution in [0.3, 0.4) is 0 Å². The van der Waals surface area contributed by atoms with Crippen molar-refractivity contribution in [2.24, 2.45) is 0 Å². The van der Waals surface area contributed by atoms with Crippen LogP contribution >= 0.6 is 0 Å². The highest BCUT2D eigenvalue weighted by molar-refractivity contribution is 5.32. The predicted octanol–water partition coefficient (Wildman–Crippen LogP) is 2.14. The van der Waals surface area contributed by atoms with E-state index in [9.17, 15) is 5.11 Å². The minimum absolute atomic E-state index is 0.163. The van der Waals surface area contributed by atoms with E-state index in [-0.39, 0.29) is 5.75 Å². The van der Waals surface area contributed by atoms with Crippen LogP contribution in [-0.2, 0) is 6.54 Å². The number of nitriles is 1. The molecule has 0 amide bonds. The molecule has 1 atom stereocenters. The van der Waals surface area contributed by atoms with E-state index in [1.165, 1.54) is 0 Å². The van der Waals surface area contributed by atoms with Gasteiger partial charge < -0.3 is 5.11 Å². The number of nitrogens with one attached hydrogen (secondary N) is 1. The Bertz CT molecular complexity index is 548. The van der Waals surface area contributed by atoms with Gasteiger partial charge in [0.1, 0.15) is 11.8 Å². The van der Waals surface area contributed by atoms with Gasteiger partial charge in [-0.3, -0.25) is 10.3 Å². The number of rotatable bonds is 4. The normalized spacial score (nSPS) is 11.7. The summed E-state index contributed by atoms with van der Waals surface area (Å²) >= 11 is 0. The number of pyridine rings is 1. The topological polar surface area (TPSA) is 68.9 Å². The highest BCUT2D eigenvalue weighted by Gasteiger charge is 2.10. The van der Waals surface area contributed by atoms with Crippen molar-refractivity contribution in [3.63, 3.8) is 0 Å². The summed E-state index contributed by atoms with van der Waals surface area (Å²) in [7, 11) is 0. The second-order valence-electron chi connectivity index (χ2n) is 3.90. The fourth-order valence-electron chi connectivity index (χ4n) is 1.66. The summed E-state index contributed by atoms with van der Waals surface area (Å²) in [5.41, 5.74) is 1.76. The van der Waals surface area contributed by atoms with Gasteiger partial charge in [0.15, 0.2) is 0 Å². The van der Waals surface area contributed by atoms with Crippen LogP contribution in [0.5, 0.6) is 5.75 Å². The molecule has 1 aromatic carbocycles. The van der Waals surface area contributed by atoms with Crippen molar-refractivity contribution in [1.29, 1.82) is 5.26 Å². The van der Waals surface area contributed by atoms with Crippen molar-refractivity contribution in [3.8, 4) is 11.8 Å². The lowest BCUT2D eigenvalue weighted by atomic mass is 10.1. The third-order valence-electron chi connectivity index (χ3n) is 2.57. The summed E-state index contributed by atoms with van der Waals surface area (Å²) in [6.07, 6.45) is 3.46. The molecule has 18 heavy (non-hydrogen) atoms. The summed E-state index contributed by atoms with van der Waals surface area (Å²) in [5, 5.41) is 21.7. The summed E-state index contributed by atoms with van der Waals surface area (Å²) in [6, 6.07) is 12.2. The van der Waals surface area contributed by atoms with E-state index >= 15 is 0 Å². The second kappa shape index (κ2) is 5.80. The molecule has 0 spiro atoms. The lowest BCUT2D eigenvalue weighted by Gasteiger charge is -2.11. The van der Waals surface area contributed by atoms with Crippen molar-refractivity contribution >= 4 is 0 Å². The Morgan fingerprint density at radius 2 is 2.22 bits per heavy atom. The van der Waals surface area contributed by atoms with Gasteiger partial charge in [0.25, 0.3) is 0 Å². The van der Waals surface area contributed by atoms with Crippen LogP contribution in [0, 0.1) is 11.3 Å². The highest BCUT2D eigenvalue weighted by atomic mass is 16.3. The molecule has 0 aliphatic carbocycles. The van der Waals surface area contributed by atoms with E-state index in [4.69, 9.17) is 5.26 Å².